The predicted molar refractivity (Wildman–Crippen MR) is 96.7 cm³/mol. The molecule has 128 valence electrons. The molecule has 0 spiro atoms. The molecule has 0 saturated heterocycles. The molecule has 1 atom stereocenters. The normalized spacial score (nSPS) is 12.1. The summed E-state index contributed by atoms with van der Waals surface area (Å²) in [5.41, 5.74) is 2.25. The molecule has 0 saturated carbocycles. The topological polar surface area (TPSA) is 63.4 Å². The maximum Gasteiger partial charge on any atom is 0.289 e. The Morgan fingerprint density at radius 1 is 1.24 bits per heavy atom. The zero-order valence-corrected chi connectivity index (χ0v) is 14.5. The van der Waals surface area contributed by atoms with E-state index in [1.165, 1.54) is 6.07 Å². The van der Waals surface area contributed by atoms with E-state index in [1.807, 2.05) is 26.0 Å². The third kappa shape index (κ3) is 3.60. The molecular weight excluding hydrogens is 316 g/mol. The minimum absolute atomic E-state index is 0.0512. The van der Waals surface area contributed by atoms with Gasteiger partial charge in [0, 0.05) is 37.5 Å². The number of likely N-dealkylation sites (N-methyl/N-ethyl adjacent to an activating group) is 1. The summed E-state index contributed by atoms with van der Waals surface area (Å²) in [6.45, 7) is 3.95. The molecule has 0 radical (unpaired) electrons. The molecule has 25 heavy (non-hydrogen) atoms. The van der Waals surface area contributed by atoms with Crippen LogP contribution in [0.4, 0.5) is 0 Å². The molecule has 2 heterocycles. The second-order valence-electron chi connectivity index (χ2n) is 6.26. The summed E-state index contributed by atoms with van der Waals surface area (Å²) in [6.07, 6.45) is 2.39. The van der Waals surface area contributed by atoms with Crippen LogP contribution in [0.25, 0.3) is 11.0 Å². The third-order valence-corrected chi connectivity index (χ3v) is 4.30. The summed E-state index contributed by atoms with van der Waals surface area (Å²) < 4.78 is 5.64. The van der Waals surface area contributed by atoms with Crippen LogP contribution in [-0.4, -0.2) is 28.9 Å². The summed E-state index contributed by atoms with van der Waals surface area (Å²) in [4.78, 5) is 30.8. The lowest BCUT2D eigenvalue weighted by Crippen LogP contribution is -2.37. The number of carbonyl (C=O) groups is 1. The van der Waals surface area contributed by atoms with E-state index in [2.05, 4.69) is 4.98 Å². The molecule has 3 rings (SSSR count). The third-order valence-electron chi connectivity index (χ3n) is 4.30. The Hall–Kier alpha value is -2.95. The van der Waals surface area contributed by atoms with E-state index in [9.17, 15) is 9.59 Å². The van der Waals surface area contributed by atoms with E-state index in [1.54, 1.807) is 42.4 Å². The number of aryl methyl sites for hydroxylation is 1. The lowest BCUT2D eigenvalue weighted by atomic mass is 10.1. The van der Waals surface area contributed by atoms with Gasteiger partial charge in [0.05, 0.1) is 5.39 Å². The van der Waals surface area contributed by atoms with Crippen LogP contribution in [-0.2, 0) is 6.42 Å². The Bertz CT molecular complexity index is 978. The van der Waals surface area contributed by atoms with Crippen molar-refractivity contribution in [3.05, 3.63) is 75.9 Å². The van der Waals surface area contributed by atoms with E-state index < -0.39 is 0 Å². The van der Waals surface area contributed by atoms with Gasteiger partial charge in [-0.1, -0.05) is 12.1 Å². The molecule has 0 aliphatic heterocycles. The van der Waals surface area contributed by atoms with Crippen molar-refractivity contribution in [2.75, 3.05) is 7.05 Å². The number of para-hydroxylation sites is 1. The molecular formula is C20H20N2O3. The predicted octanol–water partition coefficient (Wildman–Crippen LogP) is 3.20. The summed E-state index contributed by atoms with van der Waals surface area (Å²) in [5.74, 6) is -0.266. The van der Waals surface area contributed by atoms with Crippen LogP contribution in [0.1, 0.15) is 28.7 Å². The van der Waals surface area contributed by atoms with Crippen molar-refractivity contribution in [3.63, 3.8) is 0 Å². The van der Waals surface area contributed by atoms with Gasteiger partial charge in [0.25, 0.3) is 5.91 Å². The van der Waals surface area contributed by atoms with Gasteiger partial charge in [0.15, 0.2) is 11.2 Å². The number of carbonyl (C=O) groups excluding carboxylic acids is 1. The van der Waals surface area contributed by atoms with Crippen molar-refractivity contribution in [3.8, 4) is 0 Å². The van der Waals surface area contributed by atoms with Crippen molar-refractivity contribution in [1.82, 2.24) is 9.88 Å². The number of pyridine rings is 1. The van der Waals surface area contributed by atoms with Crippen LogP contribution < -0.4 is 5.43 Å². The largest absolute Gasteiger partial charge is 0.451 e. The lowest BCUT2D eigenvalue weighted by Gasteiger charge is -2.24. The summed E-state index contributed by atoms with van der Waals surface area (Å²) >= 11 is 0. The molecule has 1 aromatic carbocycles. The number of aromatic nitrogens is 1. The second-order valence-corrected chi connectivity index (χ2v) is 6.26. The molecule has 0 aliphatic carbocycles. The Kier molecular flexibility index (Phi) is 4.65. The lowest BCUT2D eigenvalue weighted by molar-refractivity contribution is 0.0711. The number of hydrogen-bond acceptors (Lipinski definition) is 4. The molecule has 1 amide bonds. The zero-order valence-electron chi connectivity index (χ0n) is 14.5. The fraction of sp³-hybridized carbons (Fsp3) is 0.250. The van der Waals surface area contributed by atoms with Gasteiger partial charge in [-0.2, -0.15) is 0 Å². The van der Waals surface area contributed by atoms with Gasteiger partial charge in [0.2, 0.25) is 0 Å². The molecule has 0 N–H and O–H groups in total. The summed E-state index contributed by atoms with van der Waals surface area (Å²) in [6, 6.07) is 12.0. The maximum atomic E-state index is 12.7. The van der Waals surface area contributed by atoms with Gasteiger partial charge >= 0.3 is 0 Å². The quantitative estimate of drug-likeness (QED) is 0.734. The van der Waals surface area contributed by atoms with Crippen LogP contribution in [0, 0.1) is 6.92 Å². The molecule has 5 heteroatoms. The monoisotopic (exact) mass is 336 g/mol. The molecule has 0 aliphatic rings. The number of nitrogens with zero attached hydrogens (tertiary/aromatic N) is 2. The van der Waals surface area contributed by atoms with Gasteiger partial charge in [-0.05, 0) is 43.7 Å². The standard InChI is InChI=1S/C20H20N2O3/c1-13-8-9-21-15(10-13)11-14(2)22(3)20(24)19-12-17(23)16-6-4-5-7-18(16)25-19/h4-10,12,14H,11H2,1-3H3. The highest BCUT2D eigenvalue weighted by atomic mass is 16.3. The van der Waals surface area contributed by atoms with E-state index in [-0.39, 0.29) is 23.1 Å². The van der Waals surface area contributed by atoms with Crippen LogP contribution in [0.5, 0.6) is 0 Å². The highest BCUT2D eigenvalue weighted by molar-refractivity contribution is 5.93. The number of rotatable bonds is 4. The van der Waals surface area contributed by atoms with Gasteiger partial charge in [-0.3, -0.25) is 14.6 Å². The number of fused-ring (bicyclic) bond motifs is 1. The molecule has 2 aromatic heterocycles. The highest BCUT2D eigenvalue weighted by Crippen LogP contribution is 2.15. The molecule has 5 nitrogen and oxygen atoms in total. The SMILES string of the molecule is Cc1ccnc(CC(C)N(C)C(=O)c2cc(=O)c3ccccc3o2)c1. The first kappa shape index (κ1) is 16.9. The number of benzene rings is 1. The van der Waals surface area contributed by atoms with E-state index >= 15 is 0 Å². The number of amides is 1. The zero-order chi connectivity index (χ0) is 18.0. The first-order valence-corrected chi connectivity index (χ1v) is 8.17. The van der Waals surface area contributed by atoms with Gasteiger partial charge < -0.3 is 9.32 Å². The minimum Gasteiger partial charge on any atom is -0.451 e. The van der Waals surface area contributed by atoms with Crippen LogP contribution >= 0.6 is 0 Å². The minimum atomic E-state index is -0.317. The van der Waals surface area contributed by atoms with Crippen molar-refractivity contribution >= 4 is 16.9 Å². The van der Waals surface area contributed by atoms with Gasteiger partial charge in [0.1, 0.15) is 5.58 Å². The van der Waals surface area contributed by atoms with Crippen molar-refractivity contribution < 1.29 is 9.21 Å². The fourth-order valence-electron chi connectivity index (χ4n) is 2.73. The molecule has 3 aromatic rings. The van der Waals surface area contributed by atoms with Crippen molar-refractivity contribution in [2.45, 2.75) is 26.3 Å². The highest BCUT2D eigenvalue weighted by Gasteiger charge is 2.21. The Morgan fingerprint density at radius 3 is 2.76 bits per heavy atom. The van der Waals surface area contributed by atoms with Gasteiger partial charge in [-0.15, -0.1) is 0 Å². The maximum absolute atomic E-state index is 12.7. The second kappa shape index (κ2) is 6.89. The van der Waals surface area contributed by atoms with E-state index in [0.717, 1.165) is 11.3 Å². The van der Waals surface area contributed by atoms with Crippen molar-refractivity contribution in [1.29, 1.82) is 0 Å². The van der Waals surface area contributed by atoms with Crippen molar-refractivity contribution in [2.24, 2.45) is 0 Å². The smallest absolute Gasteiger partial charge is 0.289 e. The van der Waals surface area contributed by atoms with Gasteiger partial charge in [-0.25, -0.2) is 0 Å². The van der Waals surface area contributed by atoms with E-state index in [4.69, 9.17) is 4.42 Å². The Labute approximate surface area is 145 Å². The average molecular weight is 336 g/mol. The van der Waals surface area contributed by atoms with Crippen LogP contribution in [0.3, 0.4) is 0 Å². The Balaban J connectivity index is 1.83. The molecule has 1 unspecified atom stereocenters. The summed E-state index contributed by atoms with van der Waals surface area (Å²) in [5, 5.41) is 0.471. The fourth-order valence-corrected chi connectivity index (χ4v) is 2.73. The first-order valence-electron chi connectivity index (χ1n) is 8.17. The number of hydrogen-bond donors (Lipinski definition) is 0. The van der Waals surface area contributed by atoms with E-state index in [0.29, 0.717) is 17.4 Å². The molecule has 0 bridgehead atoms. The van der Waals surface area contributed by atoms with Crippen LogP contribution in [0.2, 0.25) is 0 Å². The Morgan fingerprint density at radius 2 is 2.00 bits per heavy atom. The van der Waals surface area contributed by atoms with Crippen LogP contribution in [0.15, 0.2) is 57.9 Å². The molecule has 0 fully saturated rings. The first-order chi connectivity index (χ1) is 12.0. The average Bonchev–Trinajstić information content (AvgIpc) is 2.60. The summed E-state index contributed by atoms with van der Waals surface area (Å²) in [7, 11) is 1.71.